The molecule has 5 heteroatoms. The Morgan fingerprint density at radius 3 is 2.53 bits per heavy atom. The smallest absolute Gasteiger partial charge is 0.326 e. The maximum Gasteiger partial charge on any atom is 0.326 e. The van der Waals surface area contributed by atoms with E-state index < -0.39 is 0 Å². The summed E-state index contributed by atoms with van der Waals surface area (Å²) >= 11 is 0. The molecule has 0 spiro atoms. The molecule has 1 aliphatic heterocycles. The number of imidazole rings is 1. The molecule has 1 saturated carbocycles. The number of hydrogen-bond acceptors (Lipinski definition) is 3. The van der Waals surface area contributed by atoms with E-state index in [-0.39, 0.29) is 11.7 Å². The molecule has 2 fully saturated rings. The molecule has 2 aliphatic rings. The van der Waals surface area contributed by atoms with Crippen LogP contribution in [-0.2, 0) is 0 Å². The van der Waals surface area contributed by atoms with Gasteiger partial charge in [-0.1, -0.05) is 36.8 Å². The Kier molecular flexibility index (Phi) is 5.38. The number of methoxy groups -OCH3 is 1. The number of ether oxygens (including phenoxy) is 1. The van der Waals surface area contributed by atoms with Gasteiger partial charge in [0.25, 0.3) is 0 Å². The van der Waals surface area contributed by atoms with Crippen LogP contribution >= 0.6 is 0 Å². The Morgan fingerprint density at radius 1 is 0.967 bits per heavy atom. The van der Waals surface area contributed by atoms with E-state index in [1.54, 1.807) is 7.11 Å². The second kappa shape index (κ2) is 8.31. The number of nitrogens with one attached hydrogen (secondary N) is 1. The molecule has 1 aliphatic carbocycles. The lowest BCUT2D eigenvalue weighted by atomic mass is 9.80. The third-order valence-electron chi connectivity index (χ3n) is 7.22. The van der Waals surface area contributed by atoms with Crippen molar-refractivity contribution in [2.45, 2.75) is 56.5 Å². The number of nitrogens with zero attached hydrogens (tertiary/aromatic N) is 2. The first-order valence-corrected chi connectivity index (χ1v) is 11.3. The van der Waals surface area contributed by atoms with Gasteiger partial charge in [-0.15, -0.1) is 0 Å². The summed E-state index contributed by atoms with van der Waals surface area (Å²) in [5.74, 6) is 1.48. The van der Waals surface area contributed by atoms with E-state index in [1.807, 2.05) is 22.8 Å². The van der Waals surface area contributed by atoms with Gasteiger partial charge >= 0.3 is 5.69 Å². The van der Waals surface area contributed by atoms with Crippen LogP contribution in [0.3, 0.4) is 0 Å². The van der Waals surface area contributed by atoms with Gasteiger partial charge in [0.05, 0.1) is 18.1 Å². The average Bonchev–Trinajstić information content (AvgIpc) is 3.14. The van der Waals surface area contributed by atoms with Crippen molar-refractivity contribution in [2.75, 3.05) is 20.2 Å². The zero-order chi connectivity index (χ0) is 20.5. The molecule has 2 aromatic carbocycles. The van der Waals surface area contributed by atoms with Crippen LogP contribution < -0.4 is 10.4 Å². The van der Waals surface area contributed by atoms with Crippen LogP contribution in [0.15, 0.2) is 53.3 Å². The standard InChI is InChI=1S/C25H31N3O2/c1-30-22-10-11-23-24(17-22)28(25(29)26-23)20-12-14-27(15-13-20)21-9-5-8-19(16-21)18-6-3-2-4-7-18/h2-4,6-7,10-11,17,19-21H,5,8-9,12-16H2,1H3,(H,26,29). The average molecular weight is 406 g/mol. The maximum atomic E-state index is 12.7. The fourth-order valence-corrected chi connectivity index (χ4v) is 5.62. The number of rotatable bonds is 4. The maximum absolute atomic E-state index is 12.7. The quantitative estimate of drug-likeness (QED) is 0.684. The lowest BCUT2D eigenvalue weighted by molar-refractivity contribution is 0.103. The molecular formula is C25H31N3O2. The highest BCUT2D eigenvalue weighted by atomic mass is 16.5. The van der Waals surface area contributed by atoms with E-state index in [4.69, 9.17) is 4.74 Å². The molecule has 0 radical (unpaired) electrons. The number of benzene rings is 2. The third-order valence-corrected chi connectivity index (χ3v) is 7.22. The first kappa shape index (κ1) is 19.4. The molecular weight excluding hydrogens is 374 g/mol. The van der Waals surface area contributed by atoms with Crippen molar-refractivity contribution in [3.63, 3.8) is 0 Å². The zero-order valence-corrected chi connectivity index (χ0v) is 17.7. The lowest BCUT2D eigenvalue weighted by Gasteiger charge is -2.41. The fraction of sp³-hybridized carbons (Fsp3) is 0.480. The predicted molar refractivity (Wildman–Crippen MR) is 120 cm³/mol. The zero-order valence-electron chi connectivity index (χ0n) is 17.7. The molecule has 158 valence electrons. The topological polar surface area (TPSA) is 50.3 Å². The van der Waals surface area contributed by atoms with Crippen LogP contribution in [0.25, 0.3) is 11.0 Å². The summed E-state index contributed by atoms with van der Waals surface area (Å²) in [7, 11) is 1.67. The third kappa shape index (κ3) is 3.67. The molecule has 30 heavy (non-hydrogen) atoms. The van der Waals surface area contributed by atoms with Gasteiger partial charge < -0.3 is 14.6 Å². The summed E-state index contributed by atoms with van der Waals surface area (Å²) in [5, 5.41) is 0. The van der Waals surface area contributed by atoms with Gasteiger partial charge in [0.15, 0.2) is 0 Å². The van der Waals surface area contributed by atoms with Gasteiger partial charge in [-0.2, -0.15) is 0 Å². The Morgan fingerprint density at radius 2 is 1.77 bits per heavy atom. The number of aromatic nitrogens is 2. The molecule has 2 unspecified atom stereocenters. The molecule has 5 rings (SSSR count). The van der Waals surface area contributed by atoms with Crippen LogP contribution in [0, 0.1) is 0 Å². The molecule has 5 nitrogen and oxygen atoms in total. The largest absolute Gasteiger partial charge is 0.497 e. The minimum atomic E-state index is -0.00138. The van der Waals surface area contributed by atoms with Gasteiger partial charge in [0.1, 0.15) is 5.75 Å². The lowest BCUT2D eigenvalue weighted by Crippen LogP contribution is -2.44. The normalized spacial score (nSPS) is 23.6. The summed E-state index contributed by atoms with van der Waals surface area (Å²) < 4.78 is 7.34. The summed E-state index contributed by atoms with van der Waals surface area (Å²) in [6.07, 6.45) is 7.24. The number of H-pyrrole nitrogens is 1. The van der Waals surface area contributed by atoms with Crippen LogP contribution in [0.1, 0.15) is 56.0 Å². The van der Waals surface area contributed by atoms with Crippen molar-refractivity contribution in [3.05, 3.63) is 64.6 Å². The van der Waals surface area contributed by atoms with E-state index in [0.717, 1.165) is 42.7 Å². The highest BCUT2D eigenvalue weighted by molar-refractivity contribution is 5.77. The minimum absolute atomic E-state index is 0.00138. The molecule has 1 saturated heterocycles. The van der Waals surface area contributed by atoms with Gasteiger partial charge in [0, 0.05) is 31.2 Å². The number of aromatic amines is 1. The minimum Gasteiger partial charge on any atom is -0.497 e. The van der Waals surface area contributed by atoms with Crippen LogP contribution in [-0.4, -0.2) is 40.7 Å². The van der Waals surface area contributed by atoms with Crippen molar-refractivity contribution >= 4 is 11.0 Å². The predicted octanol–water partition coefficient (Wildman–Crippen LogP) is 4.70. The van der Waals surface area contributed by atoms with Crippen molar-refractivity contribution in [1.29, 1.82) is 0 Å². The first-order chi connectivity index (χ1) is 14.7. The highest BCUT2D eigenvalue weighted by Crippen LogP contribution is 2.37. The first-order valence-electron chi connectivity index (χ1n) is 11.3. The summed E-state index contributed by atoms with van der Waals surface area (Å²) in [6, 6.07) is 17.8. The molecule has 2 atom stereocenters. The number of fused-ring (bicyclic) bond motifs is 1. The Balaban J connectivity index is 1.28. The van der Waals surface area contributed by atoms with E-state index in [1.165, 1.54) is 31.2 Å². The molecule has 1 aromatic heterocycles. The summed E-state index contributed by atoms with van der Waals surface area (Å²) in [6.45, 7) is 2.14. The Bertz CT molecular complexity index is 1050. The van der Waals surface area contributed by atoms with Gasteiger partial charge in [-0.05, 0) is 55.7 Å². The van der Waals surface area contributed by atoms with Crippen molar-refractivity contribution in [1.82, 2.24) is 14.5 Å². The molecule has 2 heterocycles. The summed E-state index contributed by atoms with van der Waals surface area (Å²) in [5.41, 5.74) is 3.34. The molecule has 1 N–H and O–H groups in total. The van der Waals surface area contributed by atoms with Gasteiger partial charge in [0.2, 0.25) is 0 Å². The van der Waals surface area contributed by atoms with E-state index in [2.05, 4.69) is 40.2 Å². The molecule has 3 aromatic rings. The van der Waals surface area contributed by atoms with Gasteiger partial charge in [-0.25, -0.2) is 4.79 Å². The second-order valence-electron chi connectivity index (χ2n) is 8.88. The van der Waals surface area contributed by atoms with E-state index >= 15 is 0 Å². The van der Waals surface area contributed by atoms with Crippen LogP contribution in [0.4, 0.5) is 0 Å². The van der Waals surface area contributed by atoms with Crippen LogP contribution in [0.5, 0.6) is 5.75 Å². The SMILES string of the molecule is COc1ccc2[nH]c(=O)n(C3CCN(C4CCCC(c5ccccc5)C4)CC3)c2c1. The Labute approximate surface area is 177 Å². The van der Waals surface area contributed by atoms with Crippen molar-refractivity contribution < 1.29 is 4.74 Å². The number of hydrogen-bond donors (Lipinski definition) is 1. The fourth-order valence-electron chi connectivity index (χ4n) is 5.62. The molecule has 0 amide bonds. The molecule has 0 bridgehead atoms. The number of likely N-dealkylation sites (tertiary alicyclic amines) is 1. The van der Waals surface area contributed by atoms with Crippen LogP contribution in [0.2, 0.25) is 0 Å². The van der Waals surface area contributed by atoms with E-state index in [9.17, 15) is 4.79 Å². The second-order valence-corrected chi connectivity index (χ2v) is 8.88. The Hall–Kier alpha value is -2.53. The summed E-state index contributed by atoms with van der Waals surface area (Å²) in [4.78, 5) is 18.4. The van der Waals surface area contributed by atoms with Crippen molar-refractivity contribution in [3.8, 4) is 5.75 Å². The van der Waals surface area contributed by atoms with Crippen molar-refractivity contribution in [2.24, 2.45) is 0 Å². The van der Waals surface area contributed by atoms with E-state index in [0.29, 0.717) is 12.0 Å². The highest BCUT2D eigenvalue weighted by Gasteiger charge is 2.31. The monoisotopic (exact) mass is 405 g/mol. The number of piperidine rings is 1. The van der Waals surface area contributed by atoms with Gasteiger partial charge in [-0.3, -0.25) is 4.57 Å².